The predicted molar refractivity (Wildman–Crippen MR) is 149 cm³/mol. The molecule has 0 radical (unpaired) electrons. The Kier molecular flexibility index (Phi) is 8.76. The lowest BCUT2D eigenvalue weighted by Crippen LogP contribution is -2.67. The van der Waals surface area contributed by atoms with Gasteiger partial charge in [-0.05, 0) is 53.3 Å². The molecular weight excluding hydrogens is 520 g/mol. The van der Waals surface area contributed by atoms with Gasteiger partial charge in [0.2, 0.25) is 0 Å². The molecular formula is C29H37BrO4Si. The molecule has 4 nitrogen and oxygen atoms in total. The molecule has 0 spiro atoms. The Balaban J connectivity index is 2.09. The molecule has 0 unspecified atom stereocenters. The van der Waals surface area contributed by atoms with Gasteiger partial charge in [0, 0.05) is 6.42 Å². The summed E-state index contributed by atoms with van der Waals surface area (Å²) in [5.41, 5.74) is -0.752. The van der Waals surface area contributed by atoms with Gasteiger partial charge < -0.3 is 13.9 Å². The van der Waals surface area contributed by atoms with Crippen LogP contribution in [-0.2, 0) is 18.7 Å². The average Bonchev–Trinajstić information content (AvgIpc) is 3.04. The average molecular weight is 558 g/mol. The van der Waals surface area contributed by atoms with Gasteiger partial charge in [0.25, 0.3) is 8.32 Å². The number of aldehydes is 1. The quantitative estimate of drug-likeness (QED) is 0.219. The molecule has 1 fully saturated rings. The van der Waals surface area contributed by atoms with Gasteiger partial charge in [0.15, 0.2) is 5.79 Å². The number of carbonyl (C=O) groups is 1. The Hall–Kier alpha value is -1.83. The number of halogens is 1. The first-order chi connectivity index (χ1) is 16.5. The third-order valence-corrected chi connectivity index (χ3v) is 11.9. The number of hydrogen-bond donors (Lipinski definition) is 0. The van der Waals surface area contributed by atoms with Crippen molar-refractivity contribution in [1.82, 2.24) is 0 Å². The molecule has 3 rings (SSSR count). The lowest BCUT2D eigenvalue weighted by molar-refractivity contribution is -0.154. The molecule has 35 heavy (non-hydrogen) atoms. The highest BCUT2D eigenvalue weighted by molar-refractivity contribution is 9.11. The van der Waals surface area contributed by atoms with Crippen LogP contribution in [0.4, 0.5) is 0 Å². The van der Waals surface area contributed by atoms with E-state index in [1.807, 2.05) is 44.0 Å². The van der Waals surface area contributed by atoms with Crippen LogP contribution in [0.2, 0.25) is 5.04 Å². The van der Waals surface area contributed by atoms with Gasteiger partial charge in [-0.2, -0.15) is 0 Å². The van der Waals surface area contributed by atoms with Gasteiger partial charge in [-0.15, -0.1) is 0 Å². The minimum absolute atomic E-state index is 0.152. The van der Waals surface area contributed by atoms with Gasteiger partial charge in [-0.1, -0.05) is 103 Å². The van der Waals surface area contributed by atoms with Crippen LogP contribution >= 0.6 is 15.9 Å². The number of allylic oxidation sites excluding steroid dienone is 1. The number of hydrogen-bond acceptors (Lipinski definition) is 4. The molecule has 0 amide bonds. The summed E-state index contributed by atoms with van der Waals surface area (Å²) in [6, 6.07) is 21.2. The van der Waals surface area contributed by atoms with Gasteiger partial charge in [0.05, 0.1) is 12.2 Å². The van der Waals surface area contributed by atoms with E-state index >= 15 is 0 Å². The van der Waals surface area contributed by atoms with Crippen molar-refractivity contribution in [1.29, 1.82) is 0 Å². The summed E-state index contributed by atoms with van der Waals surface area (Å²) in [6.45, 7) is 12.6. The van der Waals surface area contributed by atoms with Crippen LogP contribution in [0.5, 0.6) is 0 Å². The Morgan fingerprint density at radius 3 is 2.03 bits per heavy atom. The van der Waals surface area contributed by atoms with Crippen LogP contribution in [0.25, 0.3) is 0 Å². The SMILES string of the molecule is CC1(C)O[C@H](C[C@H](/C=C\Br)O[Si](c2ccccc2)(c2ccccc2)C(C)(C)C)[C@@](C)(/C=C/C=O)O1. The van der Waals surface area contributed by atoms with Crippen LogP contribution in [0.1, 0.15) is 48.0 Å². The minimum atomic E-state index is -2.77. The molecule has 0 saturated carbocycles. The third kappa shape index (κ3) is 6.12. The van der Waals surface area contributed by atoms with Gasteiger partial charge in [-0.3, -0.25) is 4.79 Å². The van der Waals surface area contributed by atoms with E-state index in [1.165, 1.54) is 16.4 Å². The fourth-order valence-corrected chi connectivity index (χ4v) is 10.1. The van der Waals surface area contributed by atoms with Gasteiger partial charge in [0.1, 0.15) is 11.9 Å². The maximum atomic E-state index is 11.1. The first-order valence-corrected chi connectivity index (χ1v) is 14.9. The second-order valence-electron chi connectivity index (χ2n) is 10.7. The molecule has 0 bridgehead atoms. The topological polar surface area (TPSA) is 44.8 Å². The number of benzene rings is 2. The summed E-state index contributed by atoms with van der Waals surface area (Å²) in [5.74, 6) is -0.771. The van der Waals surface area contributed by atoms with Gasteiger partial charge >= 0.3 is 0 Å². The van der Waals surface area contributed by atoms with E-state index in [0.717, 1.165) is 6.29 Å². The van der Waals surface area contributed by atoms with E-state index in [4.69, 9.17) is 13.9 Å². The van der Waals surface area contributed by atoms with Crippen molar-refractivity contribution in [3.05, 3.63) is 83.9 Å². The highest BCUT2D eigenvalue weighted by Crippen LogP contribution is 2.42. The standard InChI is InChI=1S/C29H37BrO4Si/c1-27(2,3)35(24-14-9-7-10-15-24,25-16-11-8-12-17-25)33-23(18-20-30)22-26-29(6,19-13-21-31)34-28(4,5)32-26/h7-21,23,26H,22H2,1-6H3/b19-13+,20-18-/t23-,26+,29+/m0/s1. The number of rotatable bonds is 9. The molecule has 1 heterocycles. The maximum absolute atomic E-state index is 11.1. The summed E-state index contributed by atoms with van der Waals surface area (Å²) in [7, 11) is -2.77. The van der Waals surface area contributed by atoms with Crippen molar-refractivity contribution in [3.63, 3.8) is 0 Å². The van der Waals surface area contributed by atoms with Crippen LogP contribution in [0.15, 0.2) is 83.9 Å². The zero-order valence-electron chi connectivity index (χ0n) is 21.5. The largest absolute Gasteiger partial charge is 0.401 e. The Bertz CT molecular complexity index is 990. The third-order valence-electron chi connectivity index (χ3n) is 6.52. The Labute approximate surface area is 219 Å². The van der Waals surface area contributed by atoms with Crippen molar-refractivity contribution < 1.29 is 18.7 Å². The molecule has 188 valence electrons. The molecule has 1 saturated heterocycles. The van der Waals surface area contributed by atoms with E-state index in [1.54, 1.807) is 6.08 Å². The van der Waals surface area contributed by atoms with Crippen LogP contribution in [-0.4, -0.2) is 38.2 Å². The van der Waals surface area contributed by atoms with Crippen molar-refractivity contribution in [3.8, 4) is 0 Å². The predicted octanol–water partition coefficient (Wildman–Crippen LogP) is 5.90. The van der Waals surface area contributed by atoms with E-state index in [-0.39, 0.29) is 17.2 Å². The first kappa shape index (κ1) is 27.7. The fourth-order valence-electron chi connectivity index (χ4n) is 5.11. The smallest absolute Gasteiger partial charge is 0.261 e. The molecule has 6 heteroatoms. The van der Waals surface area contributed by atoms with Crippen molar-refractivity contribution in [2.75, 3.05) is 0 Å². The number of carbonyl (C=O) groups excluding carboxylic acids is 1. The molecule has 1 aliphatic heterocycles. The molecule has 2 aromatic rings. The Morgan fingerprint density at radius 2 is 1.57 bits per heavy atom. The second-order valence-corrected chi connectivity index (χ2v) is 15.4. The zero-order valence-corrected chi connectivity index (χ0v) is 24.1. The van der Waals surface area contributed by atoms with Crippen molar-refractivity contribution >= 4 is 40.9 Å². The molecule has 0 aromatic heterocycles. The highest BCUT2D eigenvalue weighted by Gasteiger charge is 2.53. The van der Waals surface area contributed by atoms with Crippen molar-refractivity contribution in [2.45, 2.75) is 76.6 Å². The second kappa shape index (κ2) is 11.1. The first-order valence-electron chi connectivity index (χ1n) is 12.0. The summed E-state index contributed by atoms with van der Waals surface area (Å²) in [6.07, 6.45) is 6.08. The van der Waals surface area contributed by atoms with E-state index < -0.39 is 19.7 Å². The van der Waals surface area contributed by atoms with Gasteiger partial charge in [-0.25, -0.2) is 0 Å². The minimum Gasteiger partial charge on any atom is -0.401 e. The maximum Gasteiger partial charge on any atom is 0.261 e. The Morgan fingerprint density at radius 1 is 1.03 bits per heavy atom. The normalized spacial score (nSPS) is 23.7. The van der Waals surface area contributed by atoms with E-state index in [9.17, 15) is 4.79 Å². The molecule has 1 aliphatic rings. The van der Waals surface area contributed by atoms with Crippen LogP contribution in [0.3, 0.4) is 0 Å². The van der Waals surface area contributed by atoms with E-state index in [0.29, 0.717) is 6.42 Å². The molecule has 3 atom stereocenters. The van der Waals surface area contributed by atoms with Crippen LogP contribution < -0.4 is 10.4 Å². The van der Waals surface area contributed by atoms with E-state index in [2.05, 4.69) is 85.2 Å². The summed E-state index contributed by atoms with van der Waals surface area (Å²) in [4.78, 5) is 12.9. The molecule has 2 aromatic carbocycles. The fraction of sp³-hybridized carbons (Fsp3) is 0.414. The molecule has 0 aliphatic carbocycles. The highest BCUT2D eigenvalue weighted by atomic mass is 79.9. The lowest BCUT2D eigenvalue weighted by Gasteiger charge is -2.45. The lowest BCUT2D eigenvalue weighted by atomic mass is 9.94. The van der Waals surface area contributed by atoms with Crippen molar-refractivity contribution in [2.24, 2.45) is 0 Å². The summed E-state index contributed by atoms with van der Waals surface area (Å²) < 4.78 is 19.9. The monoisotopic (exact) mass is 556 g/mol. The summed E-state index contributed by atoms with van der Waals surface area (Å²) in [5, 5.41) is 2.29. The number of ether oxygens (including phenoxy) is 2. The molecule has 0 N–H and O–H groups in total. The van der Waals surface area contributed by atoms with Crippen LogP contribution in [0, 0.1) is 0 Å². The zero-order chi connectivity index (χ0) is 25.7. The summed E-state index contributed by atoms with van der Waals surface area (Å²) >= 11 is 3.49.